The minimum absolute atomic E-state index is 0.0880. The molecule has 0 saturated heterocycles. The average Bonchev–Trinajstić information content (AvgIpc) is 3.17. The molecule has 3 N–H and O–H groups in total. The first kappa shape index (κ1) is 30.2. The van der Waals surface area contributed by atoms with E-state index >= 15 is 0 Å². The normalized spacial score (nSPS) is 20.7. The van der Waals surface area contributed by atoms with Gasteiger partial charge in [0, 0.05) is 36.4 Å². The molecule has 1 aromatic heterocycles. The summed E-state index contributed by atoms with van der Waals surface area (Å²) < 4.78 is 0. The van der Waals surface area contributed by atoms with Gasteiger partial charge in [-0.3, -0.25) is 9.89 Å². The lowest BCUT2D eigenvalue weighted by Gasteiger charge is -2.06. The smallest absolute Gasteiger partial charge is 0.217 e. The van der Waals surface area contributed by atoms with E-state index in [1.165, 1.54) is 37.8 Å². The molecule has 1 heterocycles. The SMILES string of the molecule is CC(=O)NC1(C)CC1.CCCC.C\C=N/C(=C\C(C#N)=C\CC)Nc1cc(C2CCC(C)C2)[nH]n1. The predicted molar refractivity (Wildman–Crippen MR) is 146 cm³/mol. The number of rotatable bonds is 8. The summed E-state index contributed by atoms with van der Waals surface area (Å²) in [5.41, 5.74) is 1.95. The molecule has 0 spiro atoms. The van der Waals surface area contributed by atoms with Crippen LogP contribution in [0.25, 0.3) is 0 Å². The van der Waals surface area contributed by atoms with E-state index in [1.54, 1.807) is 19.2 Å². The van der Waals surface area contributed by atoms with Crippen LogP contribution in [-0.2, 0) is 4.79 Å². The van der Waals surface area contributed by atoms with Crippen molar-refractivity contribution in [2.45, 2.75) is 111 Å². The third-order valence-electron chi connectivity index (χ3n) is 6.08. The molecule has 1 amide bonds. The number of H-pyrrole nitrogens is 1. The van der Waals surface area contributed by atoms with Gasteiger partial charge in [0.2, 0.25) is 5.91 Å². The standard InChI is InChI=1S/C18H25N5.C6H11NO.C4H10/c1-4-6-14(12-19)10-17(20-5-2)21-18-11-16(22-23-18)15-8-7-13(3)9-15;1-5(8)7-6(2)3-4-6;1-3-4-2/h5-6,10-11,13,15H,4,7-9H2,1-3H3,(H2,21,22,23);3-4H2,1-2H3,(H,7,8);3-4H2,1-2H3/b14-6-,17-10+,20-5-;;. The van der Waals surface area contributed by atoms with Crippen LogP contribution in [0.2, 0.25) is 0 Å². The summed E-state index contributed by atoms with van der Waals surface area (Å²) in [6.07, 6.45) is 14.8. The second-order valence-electron chi connectivity index (χ2n) is 9.79. The number of aromatic nitrogens is 2. The Morgan fingerprint density at radius 2 is 2.00 bits per heavy atom. The van der Waals surface area contributed by atoms with Crippen molar-refractivity contribution in [2.75, 3.05) is 5.32 Å². The molecule has 0 bridgehead atoms. The van der Waals surface area contributed by atoms with Gasteiger partial charge in [-0.25, -0.2) is 4.99 Å². The van der Waals surface area contributed by atoms with E-state index < -0.39 is 0 Å². The maximum atomic E-state index is 10.4. The number of hydrogen-bond donors (Lipinski definition) is 3. The predicted octanol–water partition coefficient (Wildman–Crippen LogP) is 7.00. The molecule has 194 valence electrons. The van der Waals surface area contributed by atoms with Crippen LogP contribution >= 0.6 is 0 Å². The molecule has 2 fully saturated rings. The second kappa shape index (κ2) is 15.9. The maximum absolute atomic E-state index is 10.4. The van der Waals surface area contributed by atoms with Crippen molar-refractivity contribution in [3.8, 4) is 6.07 Å². The van der Waals surface area contributed by atoms with Crippen LogP contribution in [-0.4, -0.2) is 27.9 Å². The van der Waals surface area contributed by atoms with Crippen molar-refractivity contribution in [2.24, 2.45) is 10.9 Å². The number of allylic oxidation sites excluding steroid dienone is 3. The molecule has 35 heavy (non-hydrogen) atoms. The average molecular weight is 483 g/mol. The zero-order valence-electron chi connectivity index (χ0n) is 22.9. The zero-order chi connectivity index (χ0) is 26.3. The van der Waals surface area contributed by atoms with Crippen LogP contribution < -0.4 is 10.6 Å². The molecule has 0 aromatic carbocycles. The Morgan fingerprint density at radius 3 is 2.43 bits per heavy atom. The molecule has 2 aliphatic rings. The number of amides is 1. The van der Waals surface area contributed by atoms with E-state index in [4.69, 9.17) is 5.26 Å². The maximum Gasteiger partial charge on any atom is 0.217 e. The summed E-state index contributed by atoms with van der Waals surface area (Å²) in [5, 5.41) is 22.7. The summed E-state index contributed by atoms with van der Waals surface area (Å²) in [7, 11) is 0. The van der Waals surface area contributed by atoms with Crippen LogP contribution in [0.4, 0.5) is 5.82 Å². The van der Waals surface area contributed by atoms with Crippen molar-refractivity contribution in [1.29, 1.82) is 5.26 Å². The Hall–Kier alpha value is -2.88. The summed E-state index contributed by atoms with van der Waals surface area (Å²) in [5.74, 6) is 2.81. The van der Waals surface area contributed by atoms with Crippen molar-refractivity contribution >= 4 is 17.9 Å². The number of anilines is 1. The minimum Gasteiger partial charge on any atom is -0.351 e. The summed E-state index contributed by atoms with van der Waals surface area (Å²) in [4.78, 5) is 14.7. The van der Waals surface area contributed by atoms with Crippen molar-refractivity contribution in [3.63, 3.8) is 0 Å². The quantitative estimate of drug-likeness (QED) is 0.211. The van der Waals surface area contributed by atoms with Gasteiger partial charge < -0.3 is 10.6 Å². The Labute approximate surface area is 212 Å². The van der Waals surface area contributed by atoms with Crippen LogP contribution in [0.5, 0.6) is 0 Å². The first-order chi connectivity index (χ1) is 16.7. The summed E-state index contributed by atoms with van der Waals surface area (Å²) >= 11 is 0. The molecular formula is C28H46N6O. The Bertz CT molecular complexity index is 899. The first-order valence-corrected chi connectivity index (χ1v) is 13.1. The van der Waals surface area contributed by atoms with E-state index in [0.717, 1.165) is 31.0 Å². The Morgan fingerprint density at radius 1 is 1.31 bits per heavy atom. The van der Waals surface area contributed by atoms with Gasteiger partial charge in [0.15, 0.2) is 5.82 Å². The molecule has 0 aliphatic heterocycles. The third kappa shape index (κ3) is 12.4. The number of nitrogens with zero attached hydrogens (tertiary/aromatic N) is 3. The second-order valence-corrected chi connectivity index (χ2v) is 9.79. The molecule has 1 aromatic rings. The van der Waals surface area contributed by atoms with Crippen molar-refractivity contribution < 1.29 is 4.79 Å². The molecule has 7 nitrogen and oxygen atoms in total. The number of aromatic amines is 1. The lowest BCUT2D eigenvalue weighted by atomic mass is 10.0. The Kier molecular flexibility index (Phi) is 13.7. The molecule has 0 radical (unpaired) electrons. The van der Waals surface area contributed by atoms with Gasteiger partial charge in [0.25, 0.3) is 0 Å². The highest BCUT2D eigenvalue weighted by molar-refractivity contribution is 5.74. The minimum atomic E-state index is 0.0880. The van der Waals surface area contributed by atoms with Gasteiger partial charge in [-0.05, 0) is 57.9 Å². The lowest BCUT2D eigenvalue weighted by molar-refractivity contribution is -0.119. The highest BCUT2D eigenvalue weighted by atomic mass is 16.1. The van der Waals surface area contributed by atoms with Gasteiger partial charge >= 0.3 is 0 Å². The molecule has 2 unspecified atom stereocenters. The zero-order valence-corrected chi connectivity index (χ0v) is 22.9. The molecule has 2 aliphatic carbocycles. The summed E-state index contributed by atoms with van der Waals surface area (Å²) in [6.45, 7) is 14.1. The fourth-order valence-electron chi connectivity index (χ4n) is 3.72. The topological polar surface area (TPSA) is 106 Å². The van der Waals surface area contributed by atoms with Gasteiger partial charge in [-0.2, -0.15) is 10.4 Å². The third-order valence-corrected chi connectivity index (χ3v) is 6.08. The number of carbonyl (C=O) groups is 1. The monoisotopic (exact) mass is 482 g/mol. The van der Waals surface area contributed by atoms with Gasteiger partial charge in [0.1, 0.15) is 5.82 Å². The summed E-state index contributed by atoms with van der Waals surface area (Å²) in [6, 6.07) is 4.23. The number of unbranched alkanes of at least 4 members (excludes halogenated alkanes) is 1. The van der Waals surface area contributed by atoms with Crippen molar-refractivity contribution in [3.05, 3.63) is 35.3 Å². The highest BCUT2D eigenvalue weighted by Crippen LogP contribution is 2.37. The van der Waals surface area contributed by atoms with E-state index in [2.05, 4.69) is 65.7 Å². The molecule has 2 saturated carbocycles. The van der Waals surface area contributed by atoms with Crippen LogP contribution in [0, 0.1) is 17.2 Å². The molecular weight excluding hydrogens is 436 g/mol. The van der Waals surface area contributed by atoms with Gasteiger partial charge in [-0.15, -0.1) is 0 Å². The van der Waals surface area contributed by atoms with Crippen LogP contribution in [0.3, 0.4) is 0 Å². The van der Waals surface area contributed by atoms with E-state index in [0.29, 0.717) is 17.3 Å². The largest absolute Gasteiger partial charge is 0.351 e. The van der Waals surface area contributed by atoms with Crippen LogP contribution in [0.15, 0.2) is 34.6 Å². The van der Waals surface area contributed by atoms with Gasteiger partial charge in [0.05, 0.1) is 11.6 Å². The van der Waals surface area contributed by atoms with E-state index in [9.17, 15) is 4.79 Å². The van der Waals surface area contributed by atoms with Crippen molar-refractivity contribution in [1.82, 2.24) is 15.5 Å². The molecule has 3 rings (SSSR count). The van der Waals surface area contributed by atoms with E-state index in [-0.39, 0.29) is 11.4 Å². The van der Waals surface area contributed by atoms with E-state index in [1.807, 2.05) is 19.9 Å². The number of carbonyl (C=O) groups excluding carboxylic acids is 1. The lowest BCUT2D eigenvalue weighted by Crippen LogP contribution is -2.31. The number of aliphatic imine (C=N–C) groups is 1. The fourth-order valence-corrected chi connectivity index (χ4v) is 3.72. The number of hydrogen-bond acceptors (Lipinski definition) is 5. The number of nitriles is 1. The fraction of sp³-hybridized carbons (Fsp3) is 0.643. The van der Waals surface area contributed by atoms with Crippen LogP contribution in [0.1, 0.15) is 111 Å². The van der Waals surface area contributed by atoms with Gasteiger partial charge in [-0.1, -0.05) is 53.0 Å². The first-order valence-electron chi connectivity index (χ1n) is 13.1. The Balaban J connectivity index is 0.000000419. The highest BCUT2D eigenvalue weighted by Gasteiger charge is 2.37. The molecule has 2 atom stereocenters. The number of nitrogens with one attached hydrogen (secondary N) is 3. The molecule has 7 heteroatoms.